The van der Waals surface area contributed by atoms with Gasteiger partial charge in [-0.25, -0.2) is 15.0 Å². The molecular weight excluding hydrogens is 354 g/mol. The Morgan fingerprint density at radius 3 is 2.50 bits per heavy atom. The first-order valence-corrected chi connectivity index (χ1v) is 10.3. The maximum Gasteiger partial charge on any atom is 0.225 e. The van der Waals surface area contributed by atoms with Gasteiger partial charge in [-0.2, -0.15) is 0 Å². The molecule has 8 nitrogen and oxygen atoms in total. The summed E-state index contributed by atoms with van der Waals surface area (Å²) in [6, 6.07) is 3.89. The van der Waals surface area contributed by atoms with Gasteiger partial charge in [0.2, 0.25) is 5.95 Å². The molecule has 0 saturated carbocycles. The van der Waals surface area contributed by atoms with Gasteiger partial charge in [-0.15, -0.1) is 0 Å². The molecule has 0 aliphatic carbocycles. The third-order valence-electron chi connectivity index (χ3n) is 5.11. The molecule has 1 N–H and O–H groups in total. The minimum atomic E-state index is 0.461. The summed E-state index contributed by atoms with van der Waals surface area (Å²) in [5, 5.41) is 7.63. The highest BCUT2D eigenvalue weighted by molar-refractivity contribution is 5.80. The average molecular weight is 386 g/mol. The Morgan fingerprint density at radius 2 is 1.86 bits per heavy atom. The second kappa shape index (κ2) is 10.1. The van der Waals surface area contributed by atoms with Crippen LogP contribution in [-0.2, 0) is 6.54 Å². The number of anilines is 1. The van der Waals surface area contributed by atoms with Gasteiger partial charge in [0.05, 0.1) is 5.69 Å². The molecule has 1 saturated heterocycles. The van der Waals surface area contributed by atoms with Gasteiger partial charge < -0.3 is 19.6 Å². The zero-order valence-corrected chi connectivity index (χ0v) is 17.1. The lowest BCUT2D eigenvalue weighted by molar-refractivity contribution is 0.361. The van der Waals surface area contributed by atoms with Crippen LogP contribution in [0.5, 0.6) is 0 Å². The Balaban J connectivity index is 1.60. The maximum absolute atomic E-state index is 5.51. The summed E-state index contributed by atoms with van der Waals surface area (Å²) in [7, 11) is 0. The van der Waals surface area contributed by atoms with Crippen molar-refractivity contribution in [2.45, 2.75) is 46.1 Å². The molecule has 1 aliphatic rings. The number of hydrogen-bond acceptors (Lipinski definition) is 6. The van der Waals surface area contributed by atoms with Crippen LogP contribution in [-0.4, -0.2) is 58.7 Å². The molecule has 1 fully saturated rings. The predicted octanol–water partition coefficient (Wildman–Crippen LogP) is 2.66. The van der Waals surface area contributed by atoms with Gasteiger partial charge >= 0.3 is 0 Å². The molecule has 1 aliphatic heterocycles. The van der Waals surface area contributed by atoms with Crippen molar-refractivity contribution in [1.82, 2.24) is 25.3 Å². The summed E-state index contributed by atoms with van der Waals surface area (Å²) in [5.74, 6) is 2.98. The van der Waals surface area contributed by atoms with Crippen molar-refractivity contribution in [3.05, 3.63) is 36.0 Å². The average Bonchev–Trinajstić information content (AvgIpc) is 3.21. The van der Waals surface area contributed by atoms with E-state index in [9.17, 15) is 0 Å². The van der Waals surface area contributed by atoms with Gasteiger partial charge in [0, 0.05) is 57.1 Å². The third kappa shape index (κ3) is 4.99. The Kier molecular flexibility index (Phi) is 7.22. The molecule has 3 rings (SSSR count). The highest BCUT2D eigenvalue weighted by atomic mass is 16.5. The minimum Gasteiger partial charge on any atom is -0.359 e. The molecule has 0 aromatic carbocycles. The lowest BCUT2D eigenvalue weighted by Gasteiger charge is -2.36. The topological polar surface area (TPSA) is 82.7 Å². The minimum absolute atomic E-state index is 0.461. The van der Waals surface area contributed by atoms with Crippen LogP contribution < -0.4 is 10.2 Å². The van der Waals surface area contributed by atoms with E-state index in [0.29, 0.717) is 12.5 Å². The number of guanidine groups is 1. The van der Waals surface area contributed by atoms with Crippen LogP contribution in [0.2, 0.25) is 0 Å². The van der Waals surface area contributed by atoms with Crippen molar-refractivity contribution in [1.29, 1.82) is 0 Å². The molecule has 0 bridgehead atoms. The highest BCUT2D eigenvalue weighted by Crippen LogP contribution is 2.22. The molecule has 0 atom stereocenters. The van der Waals surface area contributed by atoms with Crippen molar-refractivity contribution in [3.8, 4) is 0 Å². The van der Waals surface area contributed by atoms with Crippen LogP contribution in [0.4, 0.5) is 5.95 Å². The summed E-state index contributed by atoms with van der Waals surface area (Å²) in [6.07, 6.45) is 5.72. The van der Waals surface area contributed by atoms with Crippen LogP contribution in [0, 0.1) is 0 Å². The van der Waals surface area contributed by atoms with E-state index >= 15 is 0 Å². The van der Waals surface area contributed by atoms with Crippen molar-refractivity contribution < 1.29 is 4.52 Å². The van der Waals surface area contributed by atoms with Crippen LogP contribution >= 0.6 is 0 Å². The lowest BCUT2D eigenvalue weighted by atomic mass is 9.99. The molecule has 2 aromatic rings. The van der Waals surface area contributed by atoms with Crippen molar-refractivity contribution >= 4 is 11.9 Å². The molecular formula is C20H31N7O. The van der Waals surface area contributed by atoms with Gasteiger partial charge in [0.25, 0.3) is 0 Å². The second-order valence-electron chi connectivity index (χ2n) is 6.92. The summed E-state index contributed by atoms with van der Waals surface area (Å²) in [4.78, 5) is 18.0. The normalized spacial score (nSPS) is 15.4. The van der Waals surface area contributed by atoms with Crippen molar-refractivity contribution in [2.75, 3.05) is 37.6 Å². The monoisotopic (exact) mass is 385 g/mol. The fraction of sp³-hybridized carbons (Fsp3) is 0.600. The summed E-state index contributed by atoms with van der Waals surface area (Å²) in [6.45, 7) is 11.3. The van der Waals surface area contributed by atoms with Gasteiger partial charge in [-0.3, -0.25) is 0 Å². The summed E-state index contributed by atoms with van der Waals surface area (Å²) < 4.78 is 5.51. The number of nitrogens with one attached hydrogen (secondary N) is 1. The molecule has 0 unspecified atom stereocenters. The van der Waals surface area contributed by atoms with Crippen LogP contribution in [0.1, 0.15) is 51.0 Å². The zero-order valence-electron chi connectivity index (χ0n) is 17.1. The summed E-state index contributed by atoms with van der Waals surface area (Å²) >= 11 is 0. The van der Waals surface area contributed by atoms with E-state index < -0.39 is 0 Å². The standard InChI is InChI=1S/C20H31N7O/c1-4-16(5-2)18-14-17(28-25-18)15-24-19(21-6-3)26-10-12-27(13-11-26)20-22-8-7-9-23-20/h7-9,14,16H,4-6,10-13,15H2,1-3H3,(H,21,24). The molecule has 0 radical (unpaired) electrons. The second-order valence-corrected chi connectivity index (χ2v) is 6.92. The number of hydrogen-bond donors (Lipinski definition) is 1. The van der Waals surface area contributed by atoms with Gasteiger partial charge in [0.15, 0.2) is 11.7 Å². The van der Waals surface area contributed by atoms with Crippen molar-refractivity contribution in [2.24, 2.45) is 4.99 Å². The smallest absolute Gasteiger partial charge is 0.225 e. The van der Waals surface area contributed by atoms with E-state index in [-0.39, 0.29) is 0 Å². The first-order valence-electron chi connectivity index (χ1n) is 10.3. The Bertz CT molecular complexity index is 734. The van der Waals surface area contributed by atoms with Gasteiger partial charge in [-0.05, 0) is 25.8 Å². The first kappa shape index (κ1) is 20.1. The first-order chi connectivity index (χ1) is 13.7. The van der Waals surface area contributed by atoms with E-state index in [1.54, 1.807) is 12.4 Å². The van der Waals surface area contributed by atoms with Crippen LogP contribution in [0.3, 0.4) is 0 Å². The number of rotatable bonds is 7. The molecule has 8 heteroatoms. The molecule has 0 spiro atoms. The number of aromatic nitrogens is 3. The Morgan fingerprint density at radius 1 is 1.14 bits per heavy atom. The molecule has 2 aromatic heterocycles. The van der Waals surface area contributed by atoms with Crippen LogP contribution in [0.15, 0.2) is 34.0 Å². The third-order valence-corrected chi connectivity index (χ3v) is 5.11. The molecule has 3 heterocycles. The number of aliphatic imine (C=N–C) groups is 1. The zero-order chi connectivity index (χ0) is 19.8. The lowest BCUT2D eigenvalue weighted by Crippen LogP contribution is -2.52. The van der Waals surface area contributed by atoms with Crippen molar-refractivity contribution in [3.63, 3.8) is 0 Å². The molecule has 0 amide bonds. The Hall–Kier alpha value is -2.64. The van der Waals surface area contributed by atoms with E-state index in [0.717, 1.165) is 68.9 Å². The van der Waals surface area contributed by atoms with E-state index in [4.69, 9.17) is 9.52 Å². The predicted molar refractivity (Wildman–Crippen MR) is 110 cm³/mol. The Labute approximate surface area is 167 Å². The number of piperazine rings is 1. The van der Waals surface area contributed by atoms with Gasteiger partial charge in [0.1, 0.15) is 6.54 Å². The van der Waals surface area contributed by atoms with Gasteiger partial charge in [-0.1, -0.05) is 19.0 Å². The van der Waals surface area contributed by atoms with Crippen LogP contribution in [0.25, 0.3) is 0 Å². The fourth-order valence-electron chi connectivity index (χ4n) is 3.45. The maximum atomic E-state index is 5.51. The van der Waals surface area contributed by atoms with E-state index in [2.05, 4.69) is 57.1 Å². The van der Waals surface area contributed by atoms with E-state index in [1.165, 1.54) is 0 Å². The largest absolute Gasteiger partial charge is 0.359 e. The van der Waals surface area contributed by atoms with E-state index in [1.807, 2.05) is 6.07 Å². The molecule has 28 heavy (non-hydrogen) atoms. The fourth-order valence-corrected chi connectivity index (χ4v) is 3.45. The summed E-state index contributed by atoms with van der Waals surface area (Å²) in [5.41, 5.74) is 1.04. The number of nitrogens with zero attached hydrogens (tertiary/aromatic N) is 6. The molecule has 152 valence electrons. The highest BCUT2D eigenvalue weighted by Gasteiger charge is 2.21. The quantitative estimate of drug-likeness (QED) is 0.579. The SMILES string of the molecule is CCNC(=NCc1cc(C(CC)CC)no1)N1CCN(c2ncccn2)CC1.